The maximum atomic E-state index is 4.09. The van der Waals surface area contributed by atoms with Crippen LogP contribution < -0.4 is 0 Å². The van der Waals surface area contributed by atoms with Gasteiger partial charge in [0.05, 0.1) is 0 Å². The van der Waals surface area contributed by atoms with Crippen molar-refractivity contribution in [1.82, 2.24) is 0 Å². The van der Waals surface area contributed by atoms with E-state index in [0.29, 0.717) is 46.9 Å². The van der Waals surface area contributed by atoms with E-state index in [-0.39, 0.29) is 0 Å². The molecule has 0 aliphatic heterocycles. The third kappa shape index (κ3) is 5.48. The summed E-state index contributed by atoms with van der Waals surface area (Å²) in [5.74, 6) is 0. The first-order valence-corrected chi connectivity index (χ1v) is 3.66. The Labute approximate surface area is 63.0 Å². The Morgan fingerprint density at radius 2 is 1.17 bits per heavy atom. The van der Waals surface area contributed by atoms with E-state index in [1.807, 2.05) is 0 Å². The van der Waals surface area contributed by atoms with Gasteiger partial charge < -0.3 is 0 Å². The molecule has 6 heavy (non-hydrogen) atoms. The van der Waals surface area contributed by atoms with E-state index >= 15 is 0 Å². The predicted molar refractivity (Wildman–Crippen MR) is 21.4 cm³/mol. The molecule has 6 heteroatoms. The molecule has 0 bridgehead atoms. The van der Waals surface area contributed by atoms with Gasteiger partial charge in [-0.3, -0.25) is 0 Å². The van der Waals surface area contributed by atoms with E-state index in [2.05, 4.69) is 16.4 Å². The molecule has 0 saturated heterocycles. The van der Waals surface area contributed by atoms with Gasteiger partial charge in [0.2, 0.25) is 0 Å². The van der Waals surface area contributed by atoms with Gasteiger partial charge in [0.25, 0.3) is 0 Å². The third-order valence-electron chi connectivity index (χ3n) is 0.106. The molecule has 0 spiro atoms. The summed E-state index contributed by atoms with van der Waals surface area (Å²) in [4.78, 5) is 0. The molecule has 0 rings (SSSR count). The molecule has 0 heterocycles. The molecular weight excluding hydrogens is 308 g/mol. The fourth-order valence-corrected chi connectivity index (χ4v) is 0.215. The van der Waals surface area contributed by atoms with Gasteiger partial charge in [-0.05, 0) is 0 Å². The summed E-state index contributed by atoms with van der Waals surface area (Å²) < 4.78 is 8.17. The van der Waals surface area contributed by atoms with Crippen LogP contribution in [0.4, 0.5) is 0 Å². The van der Waals surface area contributed by atoms with Crippen LogP contribution >= 0.6 is 0 Å². The quantitative estimate of drug-likeness (QED) is 0.259. The van der Waals surface area contributed by atoms with Crippen LogP contribution in [0.3, 0.4) is 0 Å². The molecule has 0 saturated carbocycles. The van der Waals surface area contributed by atoms with Crippen LogP contribution in [0.15, 0.2) is 0 Å². The van der Waals surface area contributed by atoms with Gasteiger partial charge in [-0.15, -0.1) is 0 Å². The molecule has 38 valence electrons. The van der Waals surface area contributed by atoms with Crippen LogP contribution in [-0.2, 0) is 16.4 Å². The van der Waals surface area contributed by atoms with Crippen LogP contribution in [0.1, 0.15) is 0 Å². The van der Waals surface area contributed by atoms with E-state index in [9.17, 15) is 0 Å². The summed E-state index contributed by atoms with van der Waals surface area (Å²) in [6, 6.07) is 0. The van der Waals surface area contributed by atoms with Crippen molar-refractivity contribution in [3.63, 3.8) is 0 Å². The van der Waals surface area contributed by atoms with Crippen LogP contribution in [0, 0.1) is 0 Å². The minimum absolute atomic E-state index is 0.544. The van der Waals surface area contributed by atoms with Crippen molar-refractivity contribution in [1.29, 1.82) is 0 Å². The molecule has 0 aliphatic carbocycles. The van der Waals surface area contributed by atoms with E-state index < -0.39 is 0 Å². The molecule has 4 nitrogen and oxygen atoms in total. The van der Waals surface area contributed by atoms with Crippen molar-refractivity contribution >= 4 is 46.9 Å². The van der Waals surface area contributed by atoms with Crippen LogP contribution in [0.5, 0.6) is 0 Å². The van der Waals surface area contributed by atoms with Gasteiger partial charge in [-0.2, -0.15) is 0 Å². The topological polar surface area (TPSA) is 36.9 Å². The Hall–Kier alpha value is 1.48. The van der Waals surface area contributed by atoms with E-state index in [0.717, 1.165) is 0 Å². The SMILES string of the molecule is [SbH2][O]OO[O][SbH2]. The Balaban J connectivity index is 2.34. The van der Waals surface area contributed by atoms with Gasteiger partial charge in [0.1, 0.15) is 0 Å². The molecule has 0 N–H and O–H groups in total. The molecule has 0 aromatic rings. The van der Waals surface area contributed by atoms with E-state index in [1.165, 1.54) is 0 Å². The van der Waals surface area contributed by atoms with Crippen molar-refractivity contribution in [2.75, 3.05) is 0 Å². The number of rotatable bonds is 3. The standard InChI is InChI=1S/H2O4.2Sb.4H/c1-3-4-2;;;;;;/h1-2H;;;;;;/q;2*+1;;;;/p-2. The molecule has 0 aromatic heterocycles. The first kappa shape index (κ1) is 7.48. The Kier molecular flexibility index (Phi) is 8.07. The predicted octanol–water partition coefficient (Wildman–Crippen LogP) is -2.11. The van der Waals surface area contributed by atoms with Crippen LogP contribution in [0.25, 0.3) is 0 Å². The third-order valence-corrected chi connectivity index (χ3v) is 0.555. The zero-order chi connectivity index (χ0) is 4.83. The number of hydrogen-bond donors (Lipinski definition) is 0. The maximum absolute atomic E-state index is 4.09. The zero-order valence-electron chi connectivity index (χ0n) is 2.79. The summed E-state index contributed by atoms with van der Waals surface area (Å²) in [7, 11) is 0. The molecule has 0 aliphatic rings. The second-order valence-electron chi connectivity index (χ2n) is 0.329. The van der Waals surface area contributed by atoms with Crippen LogP contribution in [0.2, 0.25) is 0 Å². The second-order valence-corrected chi connectivity index (χ2v) is 1.43. The van der Waals surface area contributed by atoms with Crippen molar-refractivity contribution in [3.8, 4) is 0 Å². The molecule has 0 amide bonds. The van der Waals surface area contributed by atoms with Gasteiger partial charge in [0, 0.05) is 0 Å². The first-order valence-electron chi connectivity index (χ1n) is 0.971. The molecule has 0 unspecified atom stereocenters. The number of hydrogen-bond acceptors (Lipinski definition) is 4. The molecule has 0 radical (unpaired) electrons. The summed E-state index contributed by atoms with van der Waals surface area (Å²) >= 11 is 1.09. The minimum atomic E-state index is 0.544. The molecule has 0 fully saturated rings. The summed E-state index contributed by atoms with van der Waals surface area (Å²) in [6.45, 7) is 0. The molecule has 0 atom stereocenters. The Bertz CT molecular complexity index is 17.5. The van der Waals surface area contributed by atoms with Crippen molar-refractivity contribution in [3.05, 3.63) is 0 Å². The van der Waals surface area contributed by atoms with Crippen molar-refractivity contribution in [2.45, 2.75) is 0 Å². The summed E-state index contributed by atoms with van der Waals surface area (Å²) in [6.07, 6.45) is 0. The first-order chi connectivity index (χ1) is 2.91. The fraction of sp³-hybridized carbons (Fsp3) is 0. The Morgan fingerprint density at radius 1 is 0.833 bits per heavy atom. The molecular formula is H4O4Sb2. The monoisotopic (exact) mass is 310 g/mol. The van der Waals surface area contributed by atoms with E-state index in [4.69, 9.17) is 0 Å². The normalized spacial score (nSPS) is 9.00. The van der Waals surface area contributed by atoms with Crippen molar-refractivity contribution < 1.29 is 16.4 Å². The average Bonchev–Trinajstić information content (AvgIpc) is 1.61. The summed E-state index contributed by atoms with van der Waals surface area (Å²) in [5.41, 5.74) is 0. The van der Waals surface area contributed by atoms with Gasteiger partial charge in [-0.25, -0.2) is 0 Å². The van der Waals surface area contributed by atoms with Gasteiger partial charge in [0.15, 0.2) is 0 Å². The van der Waals surface area contributed by atoms with Crippen molar-refractivity contribution in [2.24, 2.45) is 0 Å². The second kappa shape index (κ2) is 6.48. The zero-order valence-corrected chi connectivity index (χ0v) is 9.38. The average molecular weight is 312 g/mol. The Morgan fingerprint density at radius 3 is 1.33 bits per heavy atom. The molecule has 0 aromatic carbocycles. The van der Waals surface area contributed by atoms with Crippen LogP contribution in [-0.4, -0.2) is 46.9 Å². The van der Waals surface area contributed by atoms with Gasteiger partial charge >= 0.3 is 63.3 Å². The fourth-order valence-electron chi connectivity index (χ4n) is 0.0321. The van der Waals surface area contributed by atoms with E-state index in [1.54, 1.807) is 0 Å². The summed E-state index contributed by atoms with van der Waals surface area (Å²) in [5, 5.41) is 7.70. The van der Waals surface area contributed by atoms with Gasteiger partial charge in [-0.1, -0.05) is 0 Å².